The monoisotopic (exact) mass is 488 g/mol. The number of rotatable bonds is 9. The molecule has 1 amide bonds. The number of benzene rings is 2. The highest BCUT2D eigenvalue weighted by molar-refractivity contribution is 7.99. The molecule has 4 aromatic rings. The molecule has 0 aliphatic carbocycles. The fourth-order valence-electron chi connectivity index (χ4n) is 4.12. The van der Waals surface area contributed by atoms with Gasteiger partial charge in [-0.1, -0.05) is 88.0 Å². The van der Waals surface area contributed by atoms with E-state index in [0.29, 0.717) is 23.5 Å². The van der Waals surface area contributed by atoms with Gasteiger partial charge in [-0.15, -0.1) is 10.2 Å². The van der Waals surface area contributed by atoms with Crippen molar-refractivity contribution in [3.63, 3.8) is 0 Å². The molecule has 2 heterocycles. The van der Waals surface area contributed by atoms with E-state index >= 15 is 0 Å². The summed E-state index contributed by atoms with van der Waals surface area (Å²) in [5.41, 5.74) is 5.27. The van der Waals surface area contributed by atoms with E-state index in [2.05, 4.69) is 73.5 Å². The number of furan rings is 1. The number of anilines is 1. The zero-order valence-electron chi connectivity index (χ0n) is 20.9. The second kappa shape index (κ2) is 11.0. The Bertz CT molecular complexity index is 1270. The Morgan fingerprint density at radius 1 is 0.971 bits per heavy atom. The van der Waals surface area contributed by atoms with Crippen molar-refractivity contribution in [2.75, 3.05) is 11.1 Å². The summed E-state index contributed by atoms with van der Waals surface area (Å²) in [6, 6.07) is 18.3. The van der Waals surface area contributed by atoms with Gasteiger partial charge in [-0.2, -0.15) is 0 Å². The molecule has 4 rings (SSSR count). The molecule has 35 heavy (non-hydrogen) atoms. The maximum absolute atomic E-state index is 13.1. The predicted molar refractivity (Wildman–Crippen MR) is 142 cm³/mol. The zero-order valence-corrected chi connectivity index (χ0v) is 21.7. The van der Waals surface area contributed by atoms with Crippen molar-refractivity contribution in [1.29, 1.82) is 0 Å². The highest BCUT2D eigenvalue weighted by Crippen LogP contribution is 2.33. The highest BCUT2D eigenvalue weighted by atomic mass is 32.2. The summed E-state index contributed by atoms with van der Waals surface area (Å²) < 4.78 is 7.56. The number of aryl methyl sites for hydroxylation is 1. The van der Waals surface area contributed by atoms with Gasteiger partial charge < -0.3 is 9.73 Å². The smallest absolute Gasteiger partial charge is 0.234 e. The minimum Gasteiger partial charge on any atom is -0.469 e. The van der Waals surface area contributed by atoms with Crippen molar-refractivity contribution < 1.29 is 9.21 Å². The zero-order chi connectivity index (χ0) is 24.9. The summed E-state index contributed by atoms with van der Waals surface area (Å²) >= 11 is 1.39. The van der Waals surface area contributed by atoms with Crippen LogP contribution in [0, 0.1) is 6.92 Å². The molecule has 0 fully saturated rings. The standard InChI is InChI=1S/C28H32N4O2S/c1-18(2)22-12-9-13-23(19(3)4)26(22)29-25(33)17-35-28-31-30-27(24-14-15-34-20(24)5)32(28)16-21-10-7-6-8-11-21/h6-15,18-19H,16-17H2,1-5H3,(H,29,33). The van der Waals surface area contributed by atoms with Crippen LogP contribution in [-0.2, 0) is 11.3 Å². The lowest BCUT2D eigenvalue weighted by Gasteiger charge is -2.20. The fraction of sp³-hybridized carbons (Fsp3) is 0.321. The van der Waals surface area contributed by atoms with Crippen molar-refractivity contribution in [3.05, 3.63) is 83.3 Å². The van der Waals surface area contributed by atoms with Crippen LogP contribution in [0.1, 0.15) is 62.0 Å². The van der Waals surface area contributed by atoms with Crippen LogP contribution >= 0.6 is 11.8 Å². The van der Waals surface area contributed by atoms with E-state index in [1.54, 1.807) is 6.26 Å². The Morgan fingerprint density at radius 2 is 1.66 bits per heavy atom. The average Bonchev–Trinajstić information content (AvgIpc) is 3.43. The van der Waals surface area contributed by atoms with Crippen molar-refractivity contribution in [1.82, 2.24) is 14.8 Å². The van der Waals surface area contributed by atoms with Gasteiger partial charge in [-0.25, -0.2) is 0 Å². The van der Waals surface area contributed by atoms with Crippen LogP contribution in [0.4, 0.5) is 5.69 Å². The van der Waals surface area contributed by atoms with E-state index in [9.17, 15) is 4.79 Å². The van der Waals surface area contributed by atoms with E-state index < -0.39 is 0 Å². The van der Waals surface area contributed by atoms with Crippen LogP contribution < -0.4 is 5.32 Å². The third kappa shape index (κ3) is 5.68. The molecule has 0 unspecified atom stereocenters. The quantitative estimate of drug-likeness (QED) is 0.260. The van der Waals surface area contributed by atoms with Crippen molar-refractivity contribution >= 4 is 23.4 Å². The first kappa shape index (κ1) is 24.8. The molecule has 0 aliphatic rings. The largest absolute Gasteiger partial charge is 0.469 e. The summed E-state index contributed by atoms with van der Waals surface area (Å²) in [6.07, 6.45) is 1.66. The third-order valence-corrected chi connectivity index (χ3v) is 6.94. The maximum Gasteiger partial charge on any atom is 0.234 e. The fourth-order valence-corrected chi connectivity index (χ4v) is 4.86. The number of nitrogens with zero attached hydrogens (tertiary/aromatic N) is 3. The average molecular weight is 489 g/mol. The molecule has 0 saturated carbocycles. The Balaban J connectivity index is 1.57. The van der Waals surface area contributed by atoms with E-state index in [1.807, 2.05) is 35.8 Å². The van der Waals surface area contributed by atoms with Gasteiger partial charge in [0.1, 0.15) is 5.76 Å². The molecular formula is C28H32N4O2S. The maximum atomic E-state index is 13.1. The van der Waals surface area contributed by atoms with Gasteiger partial charge in [0.15, 0.2) is 11.0 Å². The van der Waals surface area contributed by atoms with E-state index in [-0.39, 0.29) is 11.7 Å². The van der Waals surface area contributed by atoms with E-state index in [0.717, 1.165) is 39.5 Å². The van der Waals surface area contributed by atoms with Gasteiger partial charge in [-0.05, 0) is 41.5 Å². The molecule has 0 spiro atoms. The molecule has 2 aromatic carbocycles. The lowest BCUT2D eigenvalue weighted by atomic mass is 9.92. The van der Waals surface area contributed by atoms with Crippen LogP contribution in [-0.4, -0.2) is 26.4 Å². The lowest BCUT2D eigenvalue weighted by Crippen LogP contribution is -2.18. The predicted octanol–water partition coefficient (Wildman–Crippen LogP) is 6.87. The Kier molecular flexibility index (Phi) is 7.76. The van der Waals surface area contributed by atoms with Gasteiger partial charge in [-0.3, -0.25) is 9.36 Å². The Labute approximate surface area is 211 Å². The first-order valence-electron chi connectivity index (χ1n) is 11.9. The first-order valence-corrected chi connectivity index (χ1v) is 12.9. The number of nitrogens with one attached hydrogen (secondary N) is 1. The molecule has 0 radical (unpaired) electrons. The molecule has 0 aliphatic heterocycles. The third-order valence-electron chi connectivity index (χ3n) is 5.97. The molecule has 0 saturated heterocycles. The van der Waals surface area contributed by atoms with Crippen LogP contribution in [0.5, 0.6) is 0 Å². The second-order valence-electron chi connectivity index (χ2n) is 9.23. The topological polar surface area (TPSA) is 72.9 Å². The van der Waals surface area contributed by atoms with Crippen LogP contribution in [0.3, 0.4) is 0 Å². The van der Waals surface area contributed by atoms with E-state index in [4.69, 9.17) is 4.42 Å². The first-order chi connectivity index (χ1) is 16.8. The SMILES string of the molecule is Cc1occc1-c1nnc(SCC(=O)Nc2c(C(C)C)cccc2C(C)C)n1Cc1ccccc1. The number of carbonyl (C=O) groups excluding carboxylic acids is 1. The highest BCUT2D eigenvalue weighted by Gasteiger charge is 2.20. The van der Waals surface area contributed by atoms with Crippen LogP contribution in [0.15, 0.2) is 70.4 Å². The summed E-state index contributed by atoms with van der Waals surface area (Å²) in [4.78, 5) is 13.1. The van der Waals surface area contributed by atoms with Crippen LogP contribution in [0.25, 0.3) is 11.4 Å². The van der Waals surface area contributed by atoms with Crippen molar-refractivity contribution in [3.8, 4) is 11.4 Å². The molecule has 182 valence electrons. The minimum absolute atomic E-state index is 0.0553. The number of amides is 1. The summed E-state index contributed by atoms with van der Waals surface area (Å²) in [5.74, 6) is 2.32. The number of aromatic nitrogens is 3. The number of thioether (sulfide) groups is 1. The molecule has 6 nitrogen and oxygen atoms in total. The van der Waals surface area contributed by atoms with E-state index in [1.165, 1.54) is 11.8 Å². The normalized spacial score (nSPS) is 11.4. The van der Waals surface area contributed by atoms with Gasteiger partial charge in [0.25, 0.3) is 0 Å². The molecule has 0 bridgehead atoms. The van der Waals surface area contributed by atoms with Gasteiger partial charge in [0.2, 0.25) is 5.91 Å². The number of hydrogen-bond acceptors (Lipinski definition) is 5. The molecule has 0 atom stereocenters. The summed E-state index contributed by atoms with van der Waals surface area (Å²) in [7, 11) is 0. The molecule has 2 aromatic heterocycles. The Morgan fingerprint density at radius 3 is 2.26 bits per heavy atom. The van der Waals surface area contributed by atoms with Crippen molar-refractivity contribution in [2.24, 2.45) is 0 Å². The summed E-state index contributed by atoms with van der Waals surface area (Å²) in [5, 5.41) is 12.8. The molecule has 1 N–H and O–H groups in total. The minimum atomic E-state index is -0.0553. The van der Waals surface area contributed by atoms with Gasteiger partial charge in [0.05, 0.1) is 24.1 Å². The van der Waals surface area contributed by atoms with Crippen LogP contribution in [0.2, 0.25) is 0 Å². The Hall–Kier alpha value is -3.32. The van der Waals surface area contributed by atoms with Gasteiger partial charge in [0, 0.05) is 5.69 Å². The second-order valence-corrected chi connectivity index (χ2v) is 10.2. The van der Waals surface area contributed by atoms with Crippen molar-refractivity contribution in [2.45, 2.75) is 58.2 Å². The number of carbonyl (C=O) groups is 1. The lowest BCUT2D eigenvalue weighted by molar-refractivity contribution is -0.113. The van der Waals surface area contributed by atoms with Gasteiger partial charge >= 0.3 is 0 Å². The summed E-state index contributed by atoms with van der Waals surface area (Å²) in [6.45, 7) is 11.1. The number of hydrogen-bond donors (Lipinski definition) is 1. The number of para-hydroxylation sites is 1. The molecule has 7 heteroatoms. The molecular weight excluding hydrogens is 456 g/mol.